The Morgan fingerprint density at radius 3 is 2.37 bits per heavy atom. The first-order valence-corrected chi connectivity index (χ1v) is 12.1. The maximum atomic E-state index is 13.1. The number of fused-ring (bicyclic) bond motifs is 2. The zero-order chi connectivity index (χ0) is 24.7. The number of aliphatic hydroxyl groups excluding tert-OH is 1. The number of imide groups is 1. The highest BCUT2D eigenvalue weighted by molar-refractivity contribution is 6.50. The highest BCUT2D eigenvalue weighted by Crippen LogP contribution is 2.38. The molecule has 1 atom stereocenters. The molecule has 2 amide bonds. The summed E-state index contributed by atoms with van der Waals surface area (Å²) >= 11 is 0. The predicted molar refractivity (Wildman–Crippen MR) is 139 cm³/mol. The number of aryl methyl sites for hydroxylation is 1. The van der Waals surface area contributed by atoms with E-state index in [-0.39, 0.29) is 0 Å². The van der Waals surface area contributed by atoms with E-state index < -0.39 is 17.9 Å². The number of para-hydroxylation sites is 2. The van der Waals surface area contributed by atoms with Crippen molar-refractivity contribution in [3.8, 4) is 0 Å². The molecule has 0 bridgehead atoms. The fourth-order valence-corrected chi connectivity index (χ4v) is 5.20. The number of hydrogen-bond acceptors (Lipinski definition) is 4. The summed E-state index contributed by atoms with van der Waals surface area (Å²) < 4.78 is 2.02. The third kappa shape index (κ3) is 3.96. The van der Waals surface area contributed by atoms with Crippen molar-refractivity contribution in [3.63, 3.8) is 0 Å². The van der Waals surface area contributed by atoms with Gasteiger partial charge in [0.25, 0.3) is 11.8 Å². The summed E-state index contributed by atoms with van der Waals surface area (Å²) in [5.41, 5.74) is 5.04. The number of aliphatic hydroxyl groups is 1. The number of hydrogen-bond donors (Lipinski definition) is 3. The van der Waals surface area contributed by atoms with Crippen LogP contribution in [0.15, 0.2) is 54.9 Å². The quantitative estimate of drug-likeness (QED) is 0.343. The molecule has 35 heavy (non-hydrogen) atoms. The predicted octanol–water partition coefficient (Wildman–Crippen LogP) is 3.70. The van der Waals surface area contributed by atoms with Crippen LogP contribution in [0.25, 0.3) is 33.0 Å². The molecule has 0 saturated carbocycles. The number of carbonyl (C=O) groups is 2. The number of benzene rings is 2. The van der Waals surface area contributed by atoms with Crippen molar-refractivity contribution in [2.75, 3.05) is 19.6 Å². The van der Waals surface area contributed by atoms with Crippen LogP contribution in [0.4, 0.5) is 0 Å². The van der Waals surface area contributed by atoms with Gasteiger partial charge in [-0.2, -0.15) is 0 Å². The van der Waals surface area contributed by atoms with Crippen LogP contribution in [0.5, 0.6) is 0 Å². The molecule has 2 aromatic carbocycles. The molecular weight excluding hydrogens is 440 g/mol. The minimum atomic E-state index is -0.570. The SMILES string of the molecule is CCN(CC)CC(O)Cn1cc(C2=C(c3c[nH]c4ccccc34)C(=O)NC2=O)c2cccc(C)c21. The van der Waals surface area contributed by atoms with Crippen molar-refractivity contribution in [1.82, 2.24) is 19.8 Å². The van der Waals surface area contributed by atoms with Gasteiger partial charge in [-0.3, -0.25) is 14.9 Å². The van der Waals surface area contributed by atoms with Crippen LogP contribution in [0.2, 0.25) is 0 Å². The van der Waals surface area contributed by atoms with Crippen LogP contribution >= 0.6 is 0 Å². The topological polar surface area (TPSA) is 90.4 Å². The van der Waals surface area contributed by atoms with Crippen LogP contribution in [0, 0.1) is 6.92 Å². The Labute approximate surface area is 204 Å². The normalized spacial score (nSPS) is 15.1. The van der Waals surface area contributed by atoms with E-state index in [1.807, 2.05) is 60.2 Å². The van der Waals surface area contributed by atoms with Crippen molar-refractivity contribution >= 4 is 44.8 Å². The number of aromatic amines is 1. The van der Waals surface area contributed by atoms with Gasteiger partial charge in [-0.1, -0.05) is 50.2 Å². The molecule has 1 aliphatic rings. The minimum Gasteiger partial charge on any atom is -0.390 e. The summed E-state index contributed by atoms with van der Waals surface area (Å²) in [7, 11) is 0. The lowest BCUT2D eigenvalue weighted by Gasteiger charge is -2.22. The number of likely N-dealkylation sites (N-methyl/N-ethyl adjacent to an activating group) is 1. The van der Waals surface area contributed by atoms with Gasteiger partial charge in [-0.25, -0.2) is 0 Å². The summed E-state index contributed by atoms with van der Waals surface area (Å²) in [6, 6.07) is 13.7. The largest absolute Gasteiger partial charge is 0.390 e. The summed E-state index contributed by atoms with van der Waals surface area (Å²) in [5.74, 6) is -0.801. The molecule has 2 aromatic heterocycles. The molecule has 0 fully saturated rings. The Morgan fingerprint density at radius 1 is 0.943 bits per heavy atom. The first-order valence-electron chi connectivity index (χ1n) is 12.1. The fourth-order valence-electron chi connectivity index (χ4n) is 5.20. The average Bonchev–Trinajstić information content (AvgIpc) is 3.51. The molecule has 7 heteroatoms. The van der Waals surface area contributed by atoms with Gasteiger partial charge in [0.1, 0.15) is 0 Å². The number of nitrogens with one attached hydrogen (secondary N) is 2. The second-order valence-electron chi connectivity index (χ2n) is 9.09. The van der Waals surface area contributed by atoms with Gasteiger partial charge in [0, 0.05) is 52.9 Å². The molecule has 7 nitrogen and oxygen atoms in total. The molecule has 0 aliphatic carbocycles. The van der Waals surface area contributed by atoms with Gasteiger partial charge < -0.3 is 19.6 Å². The van der Waals surface area contributed by atoms with E-state index in [9.17, 15) is 14.7 Å². The lowest BCUT2D eigenvalue weighted by atomic mass is 9.95. The Balaban J connectivity index is 1.68. The first-order chi connectivity index (χ1) is 16.9. The van der Waals surface area contributed by atoms with E-state index in [0.29, 0.717) is 35.4 Å². The Hall–Kier alpha value is -3.68. The molecule has 1 aliphatic heterocycles. The van der Waals surface area contributed by atoms with Gasteiger partial charge >= 0.3 is 0 Å². The average molecular weight is 471 g/mol. The lowest BCUT2D eigenvalue weighted by molar-refractivity contribution is -0.122. The van der Waals surface area contributed by atoms with Gasteiger partial charge in [0.15, 0.2) is 0 Å². The monoisotopic (exact) mass is 470 g/mol. The lowest BCUT2D eigenvalue weighted by Crippen LogP contribution is -2.34. The first kappa shape index (κ1) is 23.1. The van der Waals surface area contributed by atoms with E-state index in [1.54, 1.807) is 6.20 Å². The third-order valence-electron chi connectivity index (χ3n) is 6.93. The number of nitrogens with zero attached hydrogens (tertiary/aromatic N) is 2. The summed E-state index contributed by atoms with van der Waals surface area (Å²) in [6.07, 6.45) is 3.13. The summed E-state index contributed by atoms with van der Waals surface area (Å²) in [5, 5.41) is 15.1. The number of amides is 2. The zero-order valence-electron chi connectivity index (χ0n) is 20.3. The zero-order valence-corrected chi connectivity index (χ0v) is 20.3. The number of H-pyrrole nitrogens is 1. The van der Waals surface area contributed by atoms with E-state index in [1.165, 1.54) is 0 Å². The van der Waals surface area contributed by atoms with E-state index in [0.717, 1.165) is 40.5 Å². The number of aromatic nitrogens is 2. The number of carbonyl (C=O) groups excluding carboxylic acids is 2. The standard InChI is InChI=1S/C28H30N4O3/c1-4-31(5-2)14-18(33)15-32-16-22(20-11-8-9-17(3)26(20)32)25-24(27(34)30-28(25)35)21-13-29-23-12-7-6-10-19(21)23/h6-13,16,18,29,33H,4-5,14-15H2,1-3H3,(H,30,34,35). The highest BCUT2D eigenvalue weighted by atomic mass is 16.3. The molecule has 5 rings (SSSR count). The van der Waals surface area contributed by atoms with E-state index in [4.69, 9.17) is 0 Å². The van der Waals surface area contributed by atoms with Gasteiger partial charge in [0.05, 0.1) is 22.8 Å². The van der Waals surface area contributed by atoms with Crippen molar-refractivity contribution < 1.29 is 14.7 Å². The Bertz CT molecular complexity index is 1470. The molecule has 0 radical (unpaired) electrons. The van der Waals surface area contributed by atoms with Crippen molar-refractivity contribution in [3.05, 3.63) is 71.5 Å². The van der Waals surface area contributed by atoms with Crippen molar-refractivity contribution in [2.24, 2.45) is 0 Å². The molecule has 3 heterocycles. The van der Waals surface area contributed by atoms with Crippen LogP contribution in [0.3, 0.4) is 0 Å². The fraction of sp³-hybridized carbons (Fsp3) is 0.286. The van der Waals surface area contributed by atoms with Gasteiger partial charge in [0.2, 0.25) is 0 Å². The maximum absolute atomic E-state index is 13.1. The van der Waals surface area contributed by atoms with E-state index >= 15 is 0 Å². The Kier molecular flexibility index (Phi) is 6.05. The highest BCUT2D eigenvalue weighted by Gasteiger charge is 2.35. The molecular formula is C28H30N4O3. The second-order valence-corrected chi connectivity index (χ2v) is 9.09. The molecule has 0 saturated heterocycles. The van der Waals surface area contributed by atoms with Crippen LogP contribution in [0.1, 0.15) is 30.5 Å². The smallest absolute Gasteiger partial charge is 0.259 e. The van der Waals surface area contributed by atoms with E-state index in [2.05, 4.69) is 29.0 Å². The molecule has 180 valence electrons. The molecule has 4 aromatic rings. The van der Waals surface area contributed by atoms with Crippen LogP contribution in [-0.2, 0) is 16.1 Å². The van der Waals surface area contributed by atoms with Crippen molar-refractivity contribution in [2.45, 2.75) is 33.4 Å². The second kappa shape index (κ2) is 9.17. The van der Waals surface area contributed by atoms with Crippen molar-refractivity contribution in [1.29, 1.82) is 0 Å². The number of rotatable bonds is 8. The minimum absolute atomic E-state index is 0.368. The summed E-state index contributed by atoms with van der Waals surface area (Å²) in [6.45, 7) is 8.88. The van der Waals surface area contributed by atoms with Gasteiger partial charge in [-0.15, -0.1) is 0 Å². The van der Waals surface area contributed by atoms with Crippen LogP contribution < -0.4 is 5.32 Å². The summed E-state index contributed by atoms with van der Waals surface area (Å²) in [4.78, 5) is 31.6. The molecule has 0 spiro atoms. The van der Waals surface area contributed by atoms with Gasteiger partial charge in [-0.05, 0) is 31.6 Å². The Morgan fingerprint density at radius 2 is 1.63 bits per heavy atom. The third-order valence-corrected chi connectivity index (χ3v) is 6.93. The molecule has 1 unspecified atom stereocenters. The molecule has 3 N–H and O–H groups in total. The van der Waals surface area contributed by atoms with Crippen LogP contribution in [-0.4, -0.2) is 57.1 Å². The maximum Gasteiger partial charge on any atom is 0.259 e.